The topological polar surface area (TPSA) is 26.3 Å². The quantitative estimate of drug-likeness (QED) is 0.197. The summed E-state index contributed by atoms with van der Waals surface area (Å²) in [5.74, 6) is 0.910. The van der Waals surface area contributed by atoms with Crippen LogP contribution in [0.4, 0.5) is 4.79 Å². The summed E-state index contributed by atoms with van der Waals surface area (Å²) in [6.45, 7) is 2.81. The van der Waals surface area contributed by atoms with Crippen LogP contribution in [0, 0.1) is 0 Å². The summed E-state index contributed by atoms with van der Waals surface area (Å²) in [6, 6.07) is 0. The molecule has 0 N–H and O–H groups in total. The summed E-state index contributed by atoms with van der Waals surface area (Å²) in [5.41, 5.74) is 0. The van der Waals surface area contributed by atoms with E-state index in [9.17, 15) is 4.79 Å². The van der Waals surface area contributed by atoms with Crippen molar-refractivity contribution in [3.8, 4) is 0 Å². The van der Waals surface area contributed by atoms with E-state index in [2.05, 4.69) is 22.9 Å². The number of ether oxygens (including phenoxy) is 1. The number of rotatable bonds is 14. The molecule has 0 aliphatic rings. The van der Waals surface area contributed by atoms with Crippen LogP contribution in [0.3, 0.4) is 0 Å². The highest BCUT2D eigenvalue weighted by Gasteiger charge is 2.02. The lowest BCUT2D eigenvalue weighted by atomic mass is 10.1. The molecule has 0 amide bonds. The second-order valence-electron chi connectivity index (χ2n) is 5.17. The Morgan fingerprint density at radius 2 is 1.50 bits per heavy atom. The number of carbonyl (C=O) groups is 1. The molecule has 0 saturated carbocycles. The van der Waals surface area contributed by atoms with Crippen molar-refractivity contribution in [2.24, 2.45) is 0 Å². The van der Waals surface area contributed by atoms with Crippen molar-refractivity contribution in [2.45, 2.75) is 77.6 Å². The minimum atomic E-state index is -0.0835. The van der Waals surface area contributed by atoms with Crippen molar-refractivity contribution in [3.63, 3.8) is 0 Å². The fourth-order valence-electron chi connectivity index (χ4n) is 1.96. The summed E-state index contributed by atoms with van der Waals surface area (Å²) in [4.78, 5) is 11.4. The first-order valence-corrected chi connectivity index (χ1v) is 10.3. The van der Waals surface area contributed by atoms with Crippen LogP contribution in [-0.4, -0.2) is 23.0 Å². The zero-order valence-corrected chi connectivity index (χ0v) is 15.4. The number of hydrogen-bond donors (Lipinski definition) is 0. The van der Waals surface area contributed by atoms with E-state index < -0.39 is 0 Å². The number of halogens is 1. The Morgan fingerprint density at radius 3 is 2.20 bits per heavy atom. The van der Waals surface area contributed by atoms with Crippen LogP contribution >= 0.6 is 27.7 Å². The molecule has 4 heteroatoms. The maximum absolute atomic E-state index is 11.4. The van der Waals surface area contributed by atoms with E-state index in [0.717, 1.165) is 23.9 Å². The van der Waals surface area contributed by atoms with Gasteiger partial charge >= 0.3 is 5.30 Å². The van der Waals surface area contributed by atoms with Gasteiger partial charge in [0.05, 0.1) is 6.61 Å². The monoisotopic (exact) mass is 366 g/mol. The average Bonchev–Trinajstić information content (AvgIpc) is 2.45. The predicted molar refractivity (Wildman–Crippen MR) is 94.1 cm³/mol. The van der Waals surface area contributed by atoms with Crippen LogP contribution in [0.2, 0.25) is 0 Å². The Hall–Kier alpha value is 0.300. The van der Waals surface area contributed by atoms with Gasteiger partial charge in [-0.05, 0) is 31.0 Å². The number of thioether (sulfide) groups is 1. The molecular weight excluding hydrogens is 336 g/mol. The van der Waals surface area contributed by atoms with Crippen molar-refractivity contribution in [3.05, 3.63) is 0 Å². The molecule has 0 aliphatic heterocycles. The Labute approximate surface area is 137 Å². The van der Waals surface area contributed by atoms with Crippen molar-refractivity contribution >= 4 is 33.0 Å². The highest BCUT2D eigenvalue weighted by Crippen LogP contribution is 2.13. The molecule has 0 saturated heterocycles. The molecule has 0 aromatic heterocycles. The third-order valence-corrected chi connectivity index (χ3v) is 4.62. The summed E-state index contributed by atoms with van der Waals surface area (Å²) >= 11 is 4.79. The van der Waals surface area contributed by atoms with Gasteiger partial charge in [-0.3, -0.25) is 0 Å². The molecule has 0 fully saturated rings. The largest absolute Gasteiger partial charge is 0.458 e. The average molecular weight is 367 g/mol. The summed E-state index contributed by atoms with van der Waals surface area (Å²) in [7, 11) is 0. The molecule has 0 spiro atoms. The molecule has 0 atom stereocenters. The number of unbranched alkanes of at least 4 members (excludes halogenated alkanes) is 9. The molecule has 0 bridgehead atoms. The number of alkyl halides is 1. The molecule has 120 valence electrons. The zero-order valence-electron chi connectivity index (χ0n) is 13.0. The first-order valence-electron chi connectivity index (χ1n) is 8.16. The maximum atomic E-state index is 11.4. The van der Waals surface area contributed by atoms with Crippen molar-refractivity contribution in [1.82, 2.24) is 0 Å². The fourth-order valence-corrected chi connectivity index (χ4v) is 3.04. The van der Waals surface area contributed by atoms with Gasteiger partial charge in [0.15, 0.2) is 0 Å². The van der Waals surface area contributed by atoms with Gasteiger partial charge in [0.1, 0.15) is 0 Å². The van der Waals surface area contributed by atoms with E-state index in [0.29, 0.717) is 6.61 Å². The summed E-state index contributed by atoms with van der Waals surface area (Å²) in [6.07, 6.45) is 13.6. The van der Waals surface area contributed by atoms with E-state index >= 15 is 0 Å². The van der Waals surface area contributed by atoms with Gasteiger partial charge < -0.3 is 4.74 Å². The van der Waals surface area contributed by atoms with Crippen LogP contribution < -0.4 is 0 Å². The Balaban J connectivity index is 3.12. The van der Waals surface area contributed by atoms with E-state index in [1.54, 1.807) is 0 Å². The minimum absolute atomic E-state index is 0.0835. The lowest BCUT2D eigenvalue weighted by Crippen LogP contribution is -2.00. The van der Waals surface area contributed by atoms with E-state index in [-0.39, 0.29) is 5.30 Å². The van der Waals surface area contributed by atoms with Crippen LogP contribution in [-0.2, 0) is 4.74 Å². The molecule has 0 rings (SSSR count). The van der Waals surface area contributed by atoms with Gasteiger partial charge in [0, 0.05) is 11.1 Å². The molecular formula is C16H31BrO2S. The molecule has 0 heterocycles. The van der Waals surface area contributed by atoms with Gasteiger partial charge in [0.25, 0.3) is 0 Å². The van der Waals surface area contributed by atoms with E-state index in [1.165, 1.54) is 69.5 Å². The predicted octanol–water partition coefficient (Wildman–Crippen LogP) is 6.56. The molecule has 0 aliphatic carbocycles. The molecule has 0 radical (unpaired) electrons. The molecule has 0 unspecified atom stereocenters. The normalized spacial score (nSPS) is 10.7. The SMILES string of the molecule is CCCCCCCOC(=O)SCCCCCCCCBr. The van der Waals surface area contributed by atoms with Crippen molar-refractivity contribution < 1.29 is 9.53 Å². The highest BCUT2D eigenvalue weighted by molar-refractivity contribution is 9.09. The molecule has 0 aromatic carbocycles. The standard InChI is InChI=1S/C16H31BrO2S/c1-2-3-4-8-11-14-19-16(18)20-15-12-9-6-5-7-10-13-17/h2-15H2,1H3. The van der Waals surface area contributed by atoms with Crippen LogP contribution in [0.1, 0.15) is 77.6 Å². The van der Waals surface area contributed by atoms with Crippen LogP contribution in [0.25, 0.3) is 0 Å². The van der Waals surface area contributed by atoms with Crippen molar-refractivity contribution in [1.29, 1.82) is 0 Å². The molecule has 20 heavy (non-hydrogen) atoms. The second-order valence-corrected chi connectivity index (χ2v) is 6.99. The van der Waals surface area contributed by atoms with Gasteiger partial charge in [-0.2, -0.15) is 0 Å². The minimum Gasteiger partial charge on any atom is -0.458 e. The second kappa shape index (κ2) is 17.4. The zero-order chi connectivity index (χ0) is 14.9. The van der Waals surface area contributed by atoms with E-state index in [4.69, 9.17) is 4.74 Å². The number of hydrogen-bond acceptors (Lipinski definition) is 3. The van der Waals surface area contributed by atoms with Gasteiger partial charge in [-0.1, -0.05) is 74.2 Å². The Kier molecular flexibility index (Phi) is 17.6. The van der Waals surface area contributed by atoms with Crippen LogP contribution in [0.15, 0.2) is 0 Å². The first-order chi connectivity index (χ1) is 9.81. The lowest BCUT2D eigenvalue weighted by molar-refractivity contribution is 0.172. The smallest absolute Gasteiger partial charge is 0.367 e. The third-order valence-electron chi connectivity index (χ3n) is 3.22. The van der Waals surface area contributed by atoms with E-state index in [1.807, 2.05) is 0 Å². The van der Waals surface area contributed by atoms with Crippen molar-refractivity contribution in [2.75, 3.05) is 17.7 Å². The van der Waals surface area contributed by atoms with Gasteiger partial charge in [-0.25, -0.2) is 4.79 Å². The van der Waals surface area contributed by atoms with Crippen LogP contribution in [0.5, 0.6) is 0 Å². The molecule has 0 aromatic rings. The lowest BCUT2D eigenvalue weighted by Gasteiger charge is -2.04. The summed E-state index contributed by atoms with van der Waals surface area (Å²) in [5, 5.41) is 1.03. The first kappa shape index (κ1) is 20.3. The highest BCUT2D eigenvalue weighted by atomic mass is 79.9. The summed E-state index contributed by atoms with van der Waals surface area (Å²) < 4.78 is 5.20. The van der Waals surface area contributed by atoms with Gasteiger partial charge in [-0.15, -0.1) is 0 Å². The number of carbonyl (C=O) groups excluding carboxylic acids is 1. The Morgan fingerprint density at radius 1 is 0.900 bits per heavy atom. The Bertz CT molecular complexity index is 213. The molecule has 2 nitrogen and oxygen atoms in total. The van der Waals surface area contributed by atoms with Gasteiger partial charge in [0.2, 0.25) is 0 Å². The third kappa shape index (κ3) is 16.4. The maximum Gasteiger partial charge on any atom is 0.367 e. The fraction of sp³-hybridized carbons (Fsp3) is 0.938.